The van der Waals surface area contributed by atoms with Gasteiger partial charge in [-0.3, -0.25) is 4.99 Å². The zero-order chi connectivity index (χ0) is 20.0. The second-order valence-corrected chi connectivity index (χ2v) is 9.30. The SMILES string of the molecule is CN=C(NCc1nc(-c2ccccc2)cs1)NCC1CCCOC1C(C)(C)C. The van der Waals surface area contributed by atoms with Crippen LogP contribution in [0.1, 0.15) is 38.6 Å². The van der Waals surface area contributed by atoms with Crippen molar-refractivity contribution >= 4 is 17.3 Å². The molecule has 0 spiro atoms. The molecule has 1 aromatic carbocycles. The highest BCUT2D eigenvalue weighted by Gasteiger charge is 2.35. The van der Waals surface area contributed by atoms with Gasteiger partial charge >= 0.3 is 0 Å². The molecule has 1 fully saturated rings. The van der Waals surface area contributed by atoms with E-state index in [-0.39, 0.29) is 11.5 Å². The van der Waals surface area contributed by atoms with E-state index in [0.29, 0.717) is 12.5 Å². The van der Waals surface area contributed by atoms with Crippen molar-refractivity contribution in [2.24, 2.45) is 16.3 Å². The number of rotatable bonds is 5. The van der Waals surface area contributed by atoms with Gasteiger partial charge in [-0.05, 0) is 18.3 Å². The summed E-state index contributed by atoms with van der Waals surface area (Å²) in [4.78, 5) is 9.10. The van der Waals surface area contributed by atoms with Crippen LogP contribution in [0, 0.1) is 11.3 Å². The molecule has 1 saturated heterocycles. The normalized spacial score (nSPS) is 20.8. The first-order valence-electron chi connectivity index (χ1n) is 10.0. The summed E-state index contributed by atoms with van der Waals surface area (Å²) in [5, 5.41) is 10.0. The van der Waals surface area contributed by atoms with E-state index in [0.717, 1.165) is 41.8 Å². The summed E-state index contributed by atoms with van der Waals surface area (Å²) in [6.07, 6.45) is 2.60. The van der Waals surface area contributed by atoms with Crippen LogP contribution in [-0.4, -0.2) is 37.2 Å². The Hall–Kier alpha value is -1.92. The van der Waals surface area contributed by atoms with Gasteiger partial charge in [0.1, 0.15) is 5.01 Å². The van der Waals surface area contributed by atoms with Gasteiger partial charge in [0.15, 0.2) is 5.96 Å². The maximum atomic E-state index is 6.09. The number of hydrogen-bond donors (Lipinski definition) is 2. The Morgan fingerprint density at radius 2 is 2.04 bits per heavy atom. The van der Waals surface area contributed by atoms with Crippen molar-refractivity contribution in [3.63, 3.8) is 0 Å². The lowest BCUT2D eigenvalue weighted by molar-refractivity contribution is -0.0835. The average Bonchev–Trinajstić information content (AvgIpc) is 3.17. The lowest BCUT2D eigenvalue weighted by Gasteiger charge is -2.40. The number of guanidine groups is 1. The fourth-order valence-corrected chi connectivity index (χ4v) is 4.49. The third-order valence-corrected chi connectivity index (χ3v) is 5.93. The van der Waals surface area contributed by atoms with Gasteiger partial charge in [0.25, 0.3) is 0 Å². The highest BCUT2D eigenvalue weighted by Crippen LogP contribution is 2.33. The molecule has 1 aromatic heterocycles. The molecular formula is C22H32N4OS. The van der Waals surface area contributed by atoms with E-state index >= 15 is 0 Å². The zero-order valence-electron chi connectivity index (χ0n) is 17.4. The predicted octanol–water partition coefficient (Wildman–Crippen LogP) is 4.32. The molecule has 1 aliphatic heterocycles. The standard InChI is InChI=1S/C22H32N4OS/c1-22(2,3)20-17(11-8-12-27-20)13-24-21(23-4)25-14-19-26-18(15-28-19)16-9-6-5-7-10-16/h5-7,9-10,15,17,20H,8,11-14H2,1-4H3,(H2,23,24,25). The van der Waals surface area contributed by atoms with Crippen molar-refractivity contribution in [2.45, 2.75) is 46.3 Å². The quantitative estimate of drug-likeness (QED) is 0.580. The third-order valence-electron chi connectivity index (χ3n) is 5.08. The van der Waals surface area contributed by atoms with Gasteiger partial charge in [-0.1, -0.05) is 51.1 Å². The lowest BCUT2D eigenvalue weighted by Crippen LogP contribution is -2.47. The van der Waals surface area contributed by atoms with Crippen molar-refractivity contribution in [3.05, 3.63) is 40.7 Å². The van der Waals surface area contributed by atoms with Gasteiger partial charge in [0.05, 0.1) is 18.3 Å². The average molecular weight is 401 g/mol. The summed E-state index contributed by atoms with van der Waals surface area (Å²) in [6.45, 7) is 9.19. The molecule has 2 unspecified atom stereocenters. The lowest BCUT2D eigenvalue weighted by atomic mass is 9.78. The minimum Gasteiger partial charge on any atom is -0.377 e. The Morgan fingerprint density at radius 3 is 2.75 bits per heavy atom. The summed E-state index contributed by atoms with van der Waals surface area (Å²) < 4.78 is 6.09. The van der Waals surface area contributed by atoms with Gasteiger partial charge in [-0.2, -0.15) is 0 Å². The highest BCUT2D eigenvalue weighted by molar-refractivity contribution is 7.09. The summed E-state index contributed by atoms with van der Waals surface area (Å²) in [5.41, 5.74) is 2.33. The first-order valence-corrected chi connectivity index (χ1v) is 10.9. The number of aromatic nitrogens is 1. The van der Waals surface area contributed by atoms with Crippen LogP contribution in [0.2, 0.25) is 0 Å². The Kier molecular flexibility index (Phi) is 7.08. The van der Waals surface area contributed by atoms with E-state index in [1.807, 2.05) is 25.2 Å². The molecule has 0 amide bonds. The van der Waals surface area contributed by atoms with Crippen molar-refractivity contribution in [1.29, 1.82) is 0 Å². The molecule has 0 bridgehead atoms. The fraction of sp³-hybridized carbons (Fsp3) is 0.545. The zero-order valence-corrected chi connectivity index (χ0v) is 18.2. The highest BCUT2D eigenvalue weighted by atomic mass is 32.1. The number of benzene rings is 1. The van der Waals surface area contributed by atoms with Crippen LogP contribution in [0.25, 0.3) is 11.3 Å². The number of aliphatic imine (C=N–C) groups is 1. The minimum atomic E-state index is 0.151. The second-order valence-electron chi connectivity index (χ2n) is 8.36. The van der Waals surface area contributed by atoms with Crippen molar-refractivity contribution in [3.8, 4) is 11.3 Å². The molecule has 28 heavy (non-hydrogen) atoms. The fourth-order valence-electron chi connectivity index (χ4n) is 3.75. The van der Waals surface area contributed by atoms with Crippen molar-refractivity contribution in [1.82, 2.24) is 15.6 Å². The molecule has 152 valence electrons. The molecule has 6 heteroatoms. The monoisotopic (exact) mass is 400 g/mol. The Bertz CT molecular complexity index is 766. The van der Waals surface area contributed by atoms with Crippen molar-refractivity contribution in [2.75, 3.05) is 20.2 Å². The molecule has 5 nitrogen and oxygen atoms in total. The van der Waals surface area contributed by atoms with Gasteiger partial charge in [0, 0.05) is 37.1 Å². The summed E-state index contributed by atoms with van der Waals surface area (Å²) in [5.74, 6) is 1.31. The molecular weight excluding hydrogens is 368 g/mol. The largest absolute Gasteiger partial charge is 0.377 e. The topological polar surface area (TPSA) is 58.5 Å². The second kappa shape index (κ2) is 9.52. The van der Waals surface area contributed by atoms with E-state index in [1.165, 1.54) is 6.42 Å². The Morgan fingerprint density at radius 1 is 1.25 bits per heavy atom. The van der Waals surface area contributed by atoms with Crippen LogP contribution in [0.3, 0.4) is 0 Å². The summed E-state index contributed by atoms with van der Waals surface area (Å²) >= 11 is 1.67. The summed E-state index contributed by atoms with van der Waals surface area (Å²) in [6, 6.07) is 10.3. The van der Waals surface area contributed by atoms with Crippen LogP contribution < -0.4 is 10.6 Å². The number of hydrogen-bond acceptors (Lipinski definition) is 4. The van der Waals surface area contributed by atoms with Crippen LogP contribution in [0.4, 0.5) is 0 Å². The van der Waals surface area contributed by atoms with Crippen LogP contribution in [-0.2, 0) is 11.3 Å². The maximum absolute atomic E-state index is 6.09. The maximum Gasteiger partial charge on any atom is 0.191 e. The van der Waals surface area contributed by atoms with E-state index in [9.17, 15) is 0 Å². The number of nitrogens with one attached hydrogen (secondary N) is 2. The molecule has 0 aliphatic carbocycles. The molecule has 2 N–H and O–H groups in total. The van der Waals surface area contributed by atoms with E-state index < -0.39 is 0 Å². The van der Waals surface area contributed by atoms with Gasteiger partial charge in [0.2, 0.25) is 0 Å². The number of ether oxygens (including phenoxy) is 1. The van der Waals surface area contributed by atoms with Crippen molar-refractivity contribution < 1.29 is 4.74 Å². The van der Waals surface area contributed by atoms with Crippen LogP contribution >= 0.6 is 11.3 Å². The Balaban J connectivity index is 1.52. The first-order chi connectivity index (χ1) is 13.5. The number of thiazole rings is 1. The van der Waals surface area contributed by atoms with Gasteiger partial charge < -0.3 is 15.4 Å². The predicted molar refractivity (Wildman–Crippen MR) is 118 cm³/mol. The molecule has 2 heterocycles. The van der Waals surface area contributed by atoms with E-state index in [1.54, 1.807) is 11.3 Å². The third kappa shape index (κ3) is 5.55. The molecule has 0 saturated carbocycles. The summed E-state index contributed by atoms with van der Waals surface area (Å²) in [7, 11) is 1.81. The molecule has 0 radical (unpaired) electrons. The van der Waals surface area contributed by atoms with E-state index in [4.69, 9.17) is 9.72 Å². The van der Waals surface area contributed by atoms with Crippen LogP contribution in [0.5, 0.6) is 0 Å². The van der Waals surface area contributed by atoms with Gasteiger partial charge in [-0.15, -0.1) is 11.3 Å². The minimum absolute atomic E-state index is 0.151. The van der Waals surface area contributed by atoms with E-state index in [2.05, 4.69) is 53.9 Å². The Labute approximate surface area is 172 Å². The van der Waals surface area contributed by atoms with Crippen LogP contribution in [0.15, 0.2) is 40.7 Å². The molecule has 2 atom stereocenters. The molecule has 1 aliphatic rings. The van der Waals surface area contributed by atoms with Gasteiger partial charge in [-0.25, -0.2) is 4.98 Å². The first kappa shape index (κ1) is 20.8. The molecule has 2 aromatic rings. The smallest absolute Gasteiger partial charge is 0.191 e. The molecule has 3 rings (SSSR count). The number of nitrogens with zero attached hydrogens (tertiary/aromatic N) is 2.